The summed E-state index contributed by atoms with van der Waals surface area (Å²) in [5.74, 6) is 1.25. The van der Waals surface area contributed by atoms with E-state index in [0.29, 0.717) is 23.5 Å². The molecule has 142 valence electrons. The number of aryl methyl sites for hydroxylation is 1. The first-order valence-electron chi connectivity index (χ1n) is 8.95. The van der Waals surface area contributed by atoms with Crippen LogP contribution in [-0.4, -0.2) is 33.9 Å². The first kappa shape index (κ1) is 17.8. The van der Waals surface area contributed by atoms with E-state index in [2.05, 4.69) is 15.1 Å². The molecule has 0 aliphatic heterocycles. The molecular weight excluding hydrogens is 354 g/mol. The molecule has 0 spiro atoms. The van der Waals surface area contributed by atoms with E-state index in [4.69, 9.17) is 4.74 Å². The standard InChI is InChI=1S/C21H21N5O2/c1-14-8-4-6-10-17(14)26-13-16-19(24-26)22-21(23-20(16)27)25(2)12-15-9-5-7-11-18(15)28-3/h4-11,13H,12H2,1-3H3,(H,22,23,24,27). The fraction of sp³-hybridized carbons (Fsp3) is 0.190. The number of nitrogens with one attached hydrogen (secondary N) is 1. The van der Waals surface area contributed by atoms with Gasteiger partial charge in [-0.15, -0.1) is 5.10 Å². The summed E-state index contributed by atoms with van der Waals surface area (Å²) in [5, 5.41) is 4.98. The number of aromatic nitrogens is 4. The van der Waals surface area contributed by atoms with E-state index in [9.17, 15) is 4.79 Å². The zero-order chi connectivity index (χ0) is 19.7. The van der Waals surface area contributed by atoms with Gasteiger partial charge in [-0.05, 0) is 24.6 Å². The largest absolute Gasteiger partial charge is 0.496 e. The normalized spacial score (nSPS) is 11.0. The second-order valence-electron chi connectivity index (χ2n) is 6.65. The summed E-state index contributed by atoms with van der Waals surface area (Å²) in [5.41, 5.74) is 3.19. The van der Waals surface area contributed by atoms with Crippen molar-refractivity contribution in [2.75, 3.05) is 19.1 Å². The number of methoxy groups -OCH3 is 1. The van der Waals surface area contributed by atoms with Crippen molar-refractivity contribution in [1.29, 1.82) is 0 Å². The van der Waals surface area contributed by atoms with Crippen molar-refractivity contribution in [3.63, 3.8) is 0 Å². The third kappa shape index (κ3) is 3.22. The van der Waals surface area contributed by atoms with Crippen molar-refractivity contribution < 1.29 is 4.74 Å². The van der Waals surface area contributed by atoms with Crippen LogP contribution in [0.15, 0.2) is 59.5 Å². The van der Waals surface area contributed by atoms with E-state index in [1.807, 2.05) is 67.4 Å². The Hall–Kier alpha value is -3.61. The fourth-order valence-electron chi connectivity index (χ4n) is 3.19. The smallest absolute Gasteiger partial charge is 0.263 e. The number of anilines is 1. The van der Waals surface area contributed by atoms with Crippen LogP contribution in [0.2, 0.25) is 0 Å². The number of hydrogen-bond donors (Lipinski definition) is 1. The van der Waals surface area contributed by atoms with E-state index in [0.717, 1.165) is 22.6 Å². The third-order valence-electron chi connectivity index (χ3n) is 4.70. The molecule has 0 aliphatic carbocycles. The molecule has 0 aliphatic rings. The lowest BCUT2D eigenvalue weighted by atomic mass is 10.2. The van der Waals surface area contributed by atoms with Crippen LogP contribution in [0.3, 0.4) is 0 Å². The Morgan fingerprint density at radius 2 is 1.89 bits per heavy atom. The van der Waals surface area contributed by atoms with Crippen LogP contribution in [0.1, 0.15) is 11.1 Å². The maximum atomic E-state index is 12.6. The second-order valence-corrected chi connectivity index (χ2v) is 6.65. The first-order chi connectivity index (χ1) is 13.6. The van der Waals surface area contributed by atoms with Gasteiger partial charge in [-0.3, -0.25) is 9.78 Å². The van der Waals surface area contributed by atoms with E-state index >= 15 is 0 Å². The minimum atomic E-state index is -0.216. The van der Waals surface area contributed by atoms with Crippen LogP contribution in [-0.2, 0) is 6.54 Å². The molecule has 4 aromatic rings. The number of rotatable bonds is 5. The Morgan fingerprint density at radius 3 is 2.68 bits per heavy atom. The van der Waals surface area contributed by atoms with Crippen LogP contribution in [0.25, 0.3) is 16.7 Å². The summed E-state index contributed by atoms with van der Waals surface area (Å²) < 4.78 is 7.11. The predicted molar refractivity (Wildman–Crippen MR) is 109 cm³/mol. The van der Waals surface area contributed by atoms with Crippen molar-refractivity contribution in [1.82, 2.24) is 19.7 Å². The van der Waals surface area contributed by atoms with E-state index in [1.54, 1.807) is 18.0 Å². The van der Waals surface area contributed by atoms with Gasteiger partial charge in [-0.25, -0.2) is 4.68 Å². The zero-order valence-corrected chi connectivity index (χ0v) is 16.0. The van der Waals surface area contributed by atoms with E-state index in [1.165, 1.54) is 0 Å². The minimum Gasteiger partial charge on any atom is -0.496 e. The number of hydrogen-bond acceptors (Lipinski definition) is 5. The molecule has 0 unspecified atom stereocenters. The highest BCUT2D eigenvalue weighted by atomic mass is 16.5. The third-order valence-corrected chi connectivity index (χ3v) is 4.70. The van der Waals surface area contributed by atoms with Crippen molar-refractivity contribution in [3.05, 3.63) is 76.2 Å². The van der Waals surface area contributed by atoms with Gasteiger partial charge in [0.1, 0.15) is 11.1 Å². The van der Waals surface area contributed by atoms with Gasteiger partial charge in [-0.1, -0.05) is 36.4 Å². The minimum absolute atomic E-state index is 0.216. The van der Waals surface area contributed by atoms with Crippen molar-refractivity contribution in [3.8, 4) is 11.4 Å². The lowest BCUT2D eigenvalue weighted by molar-refractivity contribution is 0.409. The predicted octanol–water partition coefficient (Wildman–Crippen LogP) is 3.06. The maximum Gasteiger partial charge on any atom is 0.263 e. The number of aromatic amines is 1. The second kappa shape index (κ2) is 7.19. The molecule has 7 nitrogen and oxygen atoms in total. The summed E-state index contributed by atoms with van der Waals surface area (Å²) in [6, 6.07) is 15.7. The molecule has 7 heteroatoms. The molecule has 4 rings (SSSR count). The van der Waals surface area contributed by atoms with Gasteiger partial charge in [0.25, 0.3) is 5.56 Å². The molecule has 0 saturated carbocycles. The molecule has 1 N–H and O–H groups in total. The average Bonchev–Trinajstić information content (AvgIpc) is 3.13. The Kier molecular flexibility index (Phi) is 4.57. The van der Waals surface area contributed by atoms with Crippen molar-refractivity contribution >= 4 is 17.0 Å². The van der Waals surface area contributed by atoms with Gasteiger partial charge in [-0.2, -0.15) is 4.98 Å². The monoisotopic (exact) mass is 375 g/mol. The number of fused-ring (bicyclic) bond motifs is 1. The van der Waals surface area contributed by atoms with Crippen molar-refractivity contribution in [2.24, 2.45) is 0 Å². The van der Waals surface area contributed by atoms with Crippen LogP contribution < -0.4 is 15.2 Å². The quantitative estimate of drug-likeness (QED) is 0.580. The van der Waals surface area contributed by atoms with Gasteiger partial charge in [0.2, 0.25) is 5.95 Å². The first-order valence-corrected chi connectivity index (χ1v) is 8.95. The Morgan fingerprint density at radius 1 is 1.14 bits per heavy atom. The maximum absolute atomic E-state index is 12.6. The molecule has 0 bridgehead atoms. The van der Waals surface area contributed by atoms with Crippen LogP contribution >= 0.6 is 0 Å². The molecule has 0 saturated heterocycles. The Bertz CT molecular complexity index is 1190. The lowest BCUT2D eigenvalue weighted by Gasteiger charge is -2.18. The fourth-order valence-corrected chi connectivity index (χ4v) is 3.19. The Labute approximate surface area is 162 Å². The van der Waals surface area contributed by atoms with Crippen LogP contribution in [0, 0.1) is 6.92 Å². The van der Waals surface area contributed by atoms with E-state index < -0.39 is 0 Å². The summed E-state index contributed by atoms with van der Waals surface area (Å²) in [7, 11) is 3.51. The van der Waals surface area contributed by atoms with Crippen LogP contribution in [0.4, 0.5) is 5.95 Å². The van der Waals surface area contributed by atoms with Crippen LogP contribution in [0.5, 0.6) is 5.75 Å². The number of benzene rings is 2. The highest BCUT2D eigenvalue weighted by molar-refractivity contribution is 5.74. The number of ether oxygens (including phenoxy) is 1. The molecule has 28 heavy (non-hydrogen) atoms. The van der Waals surface area contributed by atoms with Gasteiger partial charge >= 0.3 is 0 Å². The Balaban J connectivity index is 1.71. The summed E-state index contributed by atoms with van der Waals surface area (Å²) in [6.45, 7) is 2.54. The summed E-state index contributed by atoms with van der Waals surface area (Å²) >= 11 is 0. The summed E-state index contributed by atoms with van der Waals surface area (Å²) in [6.07, 6.45) is 1.72. The average molecular weight is 375 g/mol. The molecule has 0 amide bonds. The van der Waals surface area contributed by atoms with Gasteiger partial charge < -0.3 is 9.64 Å². The molecule has 2 aromatic carbocycles. The highest BCUT2D eigenvalue weighted by Gasteiger charge is 2.14. The number of H-pyrrole nitrogens is 1. The van der Waals surface area contributed by atoms with E-state index in [-0.39, 0.29) is 5.56 Å². The molecule has 2 aromatic heterocycles. The topological polar surface area (TPSA) is 76.0 Å². The van der Waals surface area contributed by atoms with Gasteiger partial charge in [0.05, 0.1) is 12.8 Å². The van der Waals surface area contributed by atoms with Gasteiger partial charge in [0.15, 0.2) is 5.65 Å². The summed E-state index contributed by atoms with van der Waals surface area (Å²) in [4.78, 5) is 21.9. The lowest BCUT2D eigenvalue weighted by Crippen LogP contribution is -2.22. The van der Waals surface area contributed by atoms with Crippen molar-refractivity contribution in [2.45, 2.75) is 13.5 Å². The molecule has 0 fully saturated rings. The molecule has 2 heterocycles. The molecule has 0 atom stereocenters. The zero-order valence-electron chi connectivity index (χ0n) is 16.0. The molecule has 0 radical (unpaired) electrons. The SMILES string of the molecule is COc1ccccc1CN(C)c1nc2nn(-c3ccccc3C)cc2c(=O)[nH]1. The number of nitrogens with zero attached hydrogens (tertiary/aromatic N) is 4. The highest BCUT2D eigenvalue weighted by Crippen LogP contribution is 2.21. The van der Waals surface area contributed by atoms with Gasteiger partial charge in [0, 0.05) is 25.4 Å². The number of para-hydroxylation sites is 2. The molecular formula is C21H21N5O2.